The molecule has 2 heterocycles. The Bertz CT molecular complexity index is 1240. The van der Waals surface area contributed by atoms with Crippen LogP contribution in [0.5, 0.6) is 11.5 Å². The number of rotatable bonds is 4. The average molecular weight is 396 g/mol. The van der Waals surface area contributed by atoms with E-state index in [0.29, 0.717) is 27.3 Å². The van der Waals surface area contributed by atoms with Crippen molar-refractivity contribution in [3.63, 3.8) is 0 Å². The molecular formula is C20H16N2O3S2. The van der Waals surface area contributed by atoms with Crippen LogP contribution < -0.4 is 15.0 Å². The van der Waals surface area contributed by atoms with Crippen LogP contribution in [0.15, 0.2) is 59.4 Å². The molecule has 0 aliphatic heterocycles. The third kappa shape index (κ3) is 3.05. The molecule has 136 valence electrons. The molecule has 27 heavy (non-hydrogen) atoms. The Morgan fingerprint density at radius 1 is 1.04 bits per heavy atom. The SMILES string of the molecule is COc1ccc(-n2c(=S)[nH]c3sc(-c4ccccc4)cc3c2=O)c(OC)c1. The van der Waals surface area contributed by atoms with Crippen molar-refractivity contribution in [2.24, 2.45) is 0 Å². The number of nitrogens with one attached hydrogen (secondary N) is 1. The first-order valence-corrected chi connectivity index (χ1v) is 9.41. The van der Waals surface area contributed by atoms with E-state index < -0.39 is 0 Å². The zero-order chi connectivity index (χ0) is 19.0. The number of benzene rings is 2. The highest BCUT2D eigenvalue weighted by molar-refractivity contribution is 7.71. The minimum atomic E-state index is -0.185. The largest absolute Gasteiger partial charge is 0.497 e. The summed E-state index contributed by atoms with van der Waals surface area (Å²) in [5.74, 6) is 1.15. The monoisotopic (exact) mass is 396 g/mol. The first kappa shape index (κ1) is 17.5. The zero-order valence-corrected chi connectivity index (χ0v) is 16.3. The van der Waals surface area contributed by atoms with Crippen molar-refractivity contribution in [2.75, 3.05) is 14.2 Å². The number of H-pyrrole nitrogens is 1. The fourth-order valence-electron chi connectivity index (χ4n) is 2.94. The van der Waals surface area contributed by atoms with E-state index in [1.165, 1.54) is 15.9 Å². The van der Waals surface area contributed by atoms with Gasteiger partial charge in [0.2, 0.25) is 0 Å². The summed E-state index contributed by atoms with van der Waals surface area (Å²) >= 11 is 6.98. The molecule has 0 fully saturated rings. The molecule has 4 aromatic rings. The maximum Gasteiger partial charge on any atom is 0.267 e. The van der Waals surface area contributed by atoms with Crippen LogP contribution in [0, 0.1) is 4.77 Å². The van der Waals surface area contributed by atoms with E-state index in [-0.39, 0.29) is 5.56 Å². The van der Waals surface area contributed by atoms with Crippen molar-refractivity contribution in [2.45, 2.75) is 0 Å². The van der Waals surface area contributed by atoms with Crippen LogP contribution in [0.2, 0.25) is 0 Å². The van der Waals surface area contributed by atoms with Crippen LogP contribution in [0.25, 0.3) is 26.3 Å². The summed E-state index contributed by atoms with van der Waals surface area (Å²) in [6.07, 6.45) is 0. The first-order chi connectivity index (χ1) is 13.1. The molecule has 0 aliphatic carbocycles. The van der Waals surface area contributed by atoms with Crippen molar-refractivity contribution in [1.82, 2.24) is 9.55 Å². The molecule has 0 amide bonds. The van der Waals surface area contributed by atoms with Crippen molar-refractivity contribution < 1.29 is 9.47 Å². The number of methoxy groups -OCH3 is 2. The Kier molecular flexibility index (Phi) is 4.55. The van der Waals surface area contributed by atoms with Gasteiger partial charge < -0.3 is 14.5 Å². The van der Waals surface area contributed by atoms with Gasteiger partial charge in [-0.3, -0.25) is 4.79 Å². The van der Waals surface area contributed by atoms with Gasteiger partial charge in [0.25, 0.3) is 5.56 Å². The number of thiophene rings is 1. The minimum absolute atomic E-state index is 0.185. The molecule has 5 nitrogen and oxygen atoms in total. The summed E-state index contributed by atoms with van der Waals surface area (Å²) in [5.41, 5.74) is 1.44. The smallest absolute Gasteiger partial charge is 0.267 e. The fraction of sp³-hybridized carbons (Fsp3) is 0.100. The summed E-state index contributed by atoms with van der Waals surface area (Å²) in [6.45, 7) is 0. The van der Waals surface area contributed by atoms with Crippen LogP contribution in [0.4, 0.5) is 0 Å². The van der Waals surface area contributed by atoms with Crippen LogP contribution in [-0.4, -0.2) is 23.8 Å². The van der Waals surface area contributed by atoms with Gasteiger partial charge in [-0.1, -0.05) is 30.3 Å². The lowest BCUT2D eigenvalue weighted by molar-refractivity contribution is 0.393. The Morgan fingerprint density at radius 3 is 2.52 bits per heavy atom. The van der Waals surface area contributed by atoms with Crippen LogP contribution >= 0.6 is 23.6 Å². The lowest BCUT2D eigenvalue weighted by Crippen LogP contribution is -2.20. The highest BCUT2D eigenvalue weighted by Gasteiger charge is 2.15. The molecule has 0 bridgehead atoms. The van der Waals surface area contributed by atoms with Gasteiger partial charge >= 0.3 is 0 Å². The van der Waals surface area contributed by atoms with Gasteiger partial charge in [0.15, 0.2) is 4.77 Å². The van der Waals surface area contributed by atoms with E-state index in [4.69, 9.17) is 21.7 Å². The molecule has 0 atom stereocenters. The molecule has 4 rings (SSSR count). The summed E-state index contributed by atoms with van der Waals surface area (Å²) in [4.78, 5) is 18.2. The number of fused-ring (bicyclic) bond motifs is 1. The molecule has 0 aliphatic rings. The Hall–Kier alpha value is -2.90. The van der Waals surface area contributed by atoms with Crippen LogP contribution in [0.1, 0.15) is 0 Å². The molecular weight excluding hydrogens is 380 g/mol. The number of nitrogens with zero attached hydrogens (tertiary/aromatic N) is 1. The normalized spacial score (nSPS) is 10.9. The molecule has 0 unspecified atom stereocenters. The standard InChI is InChI=1S/C20H16N2O3S2/c1-24-13-8-9-15(16(10-13)25-2)22-19(23)14-11-17(12-6-4-3-5-7-12)27-18(14)21-20(22)26/h3-11H,1-2H3,(H,21,26). The van der Waals surface area contributed by atoms with Crippen molar-refractivity contribution in [1.29, 1.82) is 0 Å². The fourth-order valence-corrected chi connectivity index (χ4v) is 4.34. The van der Waals surface area contributed by atoms with Gasteiger partial charge in [0.1, 0.15) is 16.3 Å². The lowest BCUT2D eigenvalue weighted by Gasteiger charge is -2.12. The number of aromatic nitrogens is 2. The summed E-state index contributed by atoms with van der Waals surface area (Å²) < 4.78 is 12.4. The van der Waals surface area contributed by atoms with Crippen molar-refractivity contribution >= 4 is 33.8 Å². The molecule has 7 heteroatoms. The quantitative estimate of drug-likeness (QED) is 0.504. The van der Waals surface area contributed by atoms with E-state index >= 15 is 0 Å². The van der Waals surface area contributed by atoms with Crippen LogP contribution in [0.3, 0.4) is 0 Å². The predicted octanol–water partition coefficient (Wildman–Crippen LogP) is 4.79. The van der Waals surface area contributed by atoms with Crippen LogP contribution in [-0.2, 0) is 0 Å². The minimum Gasteiger partial charge on any atom is -0.497 e. The van der Waals surface area contributed by atoms with Crippen molar-refractivity contribution in [3.8, 4) is 27.6 Å². The molecule has 1 N–H and O–H groups in total. The van der Waals surface area contributed by atoms with Crippen molar-refractivity contribution in [3.05, 3.63) is 69.7 Å². The number of hydrogen-bond acceptors (Lipinski definition) is 5. The highest BCUT2D eigenvalue weighted by Crippen LogP contribution is 2.32. The van der Waals surface area contributed by atoms with Gasteiger partial charge in [0.05, 0.1) is 25.3 Å². The lowest BCUT2D eigenvalue weighted by atomic mass is 10.2. The van der Waals surface area contributed by atoms with E-state index in [1.807, 2.05) is 36.4 Å². The number of aromatic amines is 1. The second-order valence-corrected chi connectivity index (χ2v) is 7.27. The van der Waals surface area contributed by atoms with E-state index in [9.17, 15) is 4.79 Å². The van der Waals surface area contributed by atoms with Gasteiger partial charge in [-0.05, 0) is 36.0 Å². The van der Waals surface area contributed by atoms with Gasteiger partial charge in [0, 0.05) is 10.9 Å². The maximum absolute atomic E-state index is 13.2. The van der Waals surface area contributed by atoms with E-state index in [0.717, 1.165) is 15.3 Å². The Morgan fingerprint density at radius 2 is 1.81 bits per heavy atom. The Labute approximate surface area is 164 Å². The second-order valence-electron chi connectivity index (χ2n) is 5.83. The number of ether oxygens (including phenoxy) is 2. The topological polar surface area (TPSA) is 56.2 Å². The third-order valence-corrected chi connectivity index (χ3v) is 5.66. The Balaban J connectivity index is 1.96. The third-order valence-electron chi connectivity index (χ3n) is 4.28. The molecule has 0 saturated heterocycles. The maximum atomic E-state index is 13.2. The van der Waals surface area contributed by atoms with Gasteiger partial charge in [-0.2, -0.15) is 0 Å². The highest BCUT2D eigenvalue weighted by atomic mass is 32.1. The second kappa shape index (κ2) is 7.02. The number of hydrogen-bond donors (Lipinski definition) is 1. The molecule has 2 aromatic carbocycles. The summed E-state index contributed by atoms with van der Waals surface area (Å²) in [6, 6.07) is 17.1. The first-order valence-electron chi connectivity index (χ1n) is 8.19. The predicted molar refractivity (Wildman–Crippen MR) is 111 cm³/mol. The van der Waals surface area contributed by atoms with Gasteiger partial charge in [-0.25, -0.2) is 4.57 Å². The molecule has 0 spiro atoms. The summed E-state index contributed by atoms with van der Waals surface area (Å²) in [7, 11) is 3.13. The summed E-state index contributed by atoms with van der Waals surface area (Å²) in [5, 5.41) is 0.588. The van der Waals surface area contributed by atoms with Gasteiger partial charge in [-0.15, -0.1) is 11.3 Å². The van der Waals surface area contributed by atoms with E-state index in [2.05, 4.69) is 4.98 Å². The average Bonchev–Trinajstić information content (AvgIpc) is 3.13. The zero-order valence-electron chi connectivity index (χ0n) is 14.7. The van der Waals surface area contributed by atoms with E-state index in [1.54, 1.807) is 32.4 Å². The molecule has 0 radical (unpaired) electrons. The molecule has 0 saturated carbocycles. The molecule has 2 aromatic heterocycles.